The maximum Gasteiger partial charge on any atom is 0.123 e. The van der Waals surface area contributed by atoms with Crippen LogP contribution in [-0.2, 0) is 0 Å². The van der Waals surface area contributed by atoms with Gasteiger partial charge in [-0.1, -0.05) is 44.5 Å². The van der Waals surface area contributed by atoms with Gasteiger partial charge in [0, 0.05) is 17.1 Å². The molecule has 126 valence electrons. The summed E-state index contributed by atoms with van der Waals surface area (Å²) < 4.78 is 5.27. The van der Waals surface area contributed by atoms with Crippen molar-refractivity contribution in [3.63, 3.8) is 0 Å². The smallest absolute Gasteiger partial charge is 0.123 e. The van der Waals surface area contributed by atoms with Crippen LogP contribution in [0.2, 0.25) is 0 Å². The third-order valence-corrected chi connectivity index (χ3v) is 5.18. The van der Waals surface area contributed by atoms with Gasteiger partial charge in [0.15, 0.2) is 0 Å². The Balaban J connectivity index is 1.93. The Kier molecular flexibility index (Phi) is 5.47. The van der Waals surface area contributed by atoms with Crippen LogP contribution in [0.4, 0.5) is 5.69 Å². The molecule has 25 heavy (non-hydrogen) atoms. The molecule has 1 atom stereocenters. The van der Waals surface area contributed by atoms with Crippen LogP contribution in [0, 0.1) is 6.92 Å². The molecule has 3 aromatic rings. The monoisotopic (exact) mass is 349 g/mol. The maximum atomic E-state index is 10.2. The van der Waals surface area contributed by atoms with E-state index < -0.39 is 0 Å². The third kappa shape index (κ3) is 4.46. The number of aliphatic imine (C=N–C) groups is 1. The van der Waals surface area contributed by atoms with Gasteiger partial charge in [0.2, 0.25) is 0 Å². The fourth-order valence-electron chi connectivity index (χ4n) is 2.45. The first kappa shape index (κ1) is 17.2. The van der Waals surface area contributed by atoms with Gasteiger partial charge in [0.25, 0.3) is 0 Å². The normalized spacial score (nSPS) is 11.4. The highest BCUT2D eigenvalue weighted by Crippen LogP contribution is 2.24. The summed E-state index contributed by atoms with van der Waals surface area (Å²) in [5.74, 6) is 1.03. The van der Waals surface area contributed by atoms with Gasteiger partial charge in [0.05, 0.1) is 12.8 Å². The largest absolute Gasteiger partial charge is 0.507 e. The van der Waals surface area contributed by atoms with Gasteiger partial charge in [-0.25, -0.2) is 0 Å². The summed E-state index contributed by atoms with van der Waals surface area (Å²) in [6.07, 6.45) is 1.89. The lowest BCUT2D eigenvalue weighted by atomic mass is 10.1. The van der Waals surface area contributed by atoms with Crippen molar-refractivity contribution in [3.05, 3.63) is 77.9 Å². The second-order valence-electron chi connectivity index (χ2n) is 5.69. The SMILES string of the molecule is COc1ccc(O)c(Pc2ccc(C)cc2C=Nc2ccccc2)c1. The molecule has 0 fully saturated rings. The minimum absolute atomic E-state index is 0.283. The molecule has 0 heterocycles. The Labute approximate surface area is 149 Å². The van der Waals surface area contributed by atoms with E-state index in [1.165, 1.54) is 5.56 Å². The summed E-state index contributed by atoms with van der Waals surface area (Å²) in [7, 11) is 1.94. The van der Waals surface area contributed by atoms with E-state index >= 15 is 0 Å². The molecular weight excluding hydrogens is 329 g/mol. The van der Waals surface area contributed by atoms with Crippen molar-refractivity contribution in [3.8, 4) is 11.5 Å². The van der Waals surface area contributed by atoms with Crippen molar-refractivity contribution in [1.29, 1.82) is 0 Å². The van der Waals surface area contributed by atoms with E-state index in [0.29, 0.717) is 8.58 Å². The van der Waals surface area contributed by atoms with Crippen molar-refractivity contribution < 1.29 is 9.84 Å². The van der Waals surface area contributed by atoms with Crippen LogP contribution in [0.3, 0.4) is 0 Å². The van der Waals surface area contributed by atoms with E-state index in [-0.39, 0.29) is 5.75 Å². The Morgan fingerprint density at radius 1 is 0.960 bits per heavy atom. The molecule has 0 aliphatic heterocycles. The summed E-state index contributed by atoms with van der Waals surface area (Å²) in [5.41, 5.74) is 3.16. The van der Waals surface area contributed by atoms with Crippen LogP contribution in [-0.4, -0.2) is 18.4 Å². The van der Waals surface area contributed by atoms with E-state index in [1.54, 1.807) is 19.2 Å². The molecule has 4 heteroatoms. The molecule has 0 saturated heterocycles. The maximum absolute atomic E-state index is 10.2. The number of aromatic hydroxyl groups is 1. The predicted octanol–water partition coefficient (Wildman–Crippen LogP) is 4.09. The van der Waals surface area contributed by atoms with Crippen molar-refractivity contribution >= 4 is 31.1 Å². The summed E-state index contributed by atoms with van der Waals surface area (Å²) >= 11 is 0. The van der Waals surface area contributed by atoms with E-state index in [2.05, 4.69) is 30.1 Å². The van der Waals surface area contributed by atoms with E-state index in [9.17, 15) is 5.11 Å². The standard InChI is InChI=1S/C21H20NO2P/c1-15-8-11-20(25-21-13-18(24-2)9-10-19(21)23)16(12-15)14-22-17-6-4-3-5-7-17/h3-14,23,25H,1-2H3. The second kappa shape index (κ2) is 7.96. The van der Waals surface area contributed by atoms with Crippen molar-refractivity contribution in [2.45, 2.75) is 6.92 Å². The zero-order valence-corrected chi connectivity index (χ0v) is 15.2. The number of phenols is 1. The lowest BCUT2D eigenvalue weighted by molar-refractivity contribution is 0.413. The molecule has 0 aromatic heterocycles. The average Bonchev–Trinajstić information content (AvgIpc) is 2.64. The average molecular weight is 349 g/mol. The van der Waals surface area contributed by atoms with Crippen LogP contribution < -0.4 is 15.3 Å². The Morgan fingerprint density at radius 2 is 1.76 bits per heavy atom. The number of rotatable bonds is 5. The van der Waals surface area contributed by atoms with Crippen LogP contribution >= 0.6 is 8.58 Å². The zero-order chi connectivity index (χ0) is 17.6. The molecule has 0 spiro atoms. The predicted molar refractivity (Wildman–Crippen MR) is 107 cm³/mol. The molecule has 1 unspecified atom stereocenters. The molecule has 0 bridgehead atoms. The van der Waals surface area contributed by atoms with Crippen molar-refractivity contribution in [1.82, 2.24) is 0 Å². The van der Waals surface area contributed by atoms with Crippen LogP contribution in [0.25, 0.3) is 0 Å². The number of ether oxygens (including phenoxy) is 1. The molecule has 1 N–H and O–H groups in total. The molecule has 0 aliphatic rings. The van der Waals surface area contributed by atoms with Gasteiger partial charge in [-0.15, -0.1) is 0 Å². The fraction of sp³-hybridized carbons (Fsp3) is 0.0952. The highest BCUT2D eigenvalue weighted by molar-refractivity contribution is 7.56. The lowest BCUT2D eigenvalue weighted by Crippen LogP contribution is -2.10. The Morgan fingerprint density at radius 3 is 2.52 bits per heavy atom. The van der Waals surface area contributed by atoms with Crippen LogP contribution in [0.1, 0.15) is 11.1 Å². The number of aryl methyl sites for hydroxylation is 1. The molecule has 0 aliphatic carbocycles. The Bertz CT molecular complexity index is 892. The van der Waals surface area contributed by atoms with Gasteiger partial charge in [0.1, 0.15) is 11.5 Å². The number of phenolic OH excluding ortho intramolecular Hbond substituents is 1. The second-order valence-corrected chi connectivity index (χ2v) is 7.02. The topological polar surface area (TPSA) is 41.8 Å². The molecule has 3 rings (SSSR count). The number of nitrogens with zero attached hydrogens (tertiary/aromatic N) is 1. The summed E-state index contributed by atoms with van der Waals surface area (Å²) in [4.78, 5) is 4.57. The number of methoxy groups -OCH3 is 1. The van der Waals surface area contributed by atoms with Gasteiger partial charge in [-0.3, -0.25) is 4.99 Å². The summed E-state index contributed by atoms with van der Waals surface area (Å²) in [6, 6.07) is 21.5. The molecule has 0 saturated carbocycles. The van der Waals surface area contributed by atoms with E-state index in [1.807, 2.05) is 42.6 Å². The molecule has 0 amide bonds. The van der Waals surface area contributed by atoms with Gasteiger partial charge < -0.3 is 9.84 Å². The van der Waals surface area contributed by atoms with E-state index in [4.69, 9.17) is 4.74 Å². The third-order valence-electron chi connectivity index (χ3n) is 3.79. The zero-order valence-electron chi connectivity index (χ0n) is 14.2. The lowest BCUT2D eigenvalue weighted by Gasteiger charge is -2.10. The van der Waals surface area contributed by atoms with Gasteiger partial charge in [-0.2, -0.15) is 0 Å². The number of hydrogen-bond donors (Lipinski definition) is 1. The van der Waals surface area contributed by atoms with Gasteiger partial charge >= 0.3 is 0 Å². The first-order valence-electron chi connectivity index (χ1n) is 7.99. The van der Waals surface area contributed by atoms with Crippen molar-refractivity contribution in [2.24, 2.45) is 4.99 Å². The fourth-order valence-corrected chi connectivity index (χ4v) is 3.61. The highest BCUT2D eigenvalue weighted by atomic mass is 31.1. The molecule has 3 nitrogen and oxygen atoms in total. The molecule has 0 radical (unpaired) electrons. The minimum Gasteiger partial charge on any atom is -0.507 e. The summed E-state index contributed by atoms with van der Waals surface area (Å²) in [5, 5.41) is 12.2. The van der Waals surface area contributed by atoms with E-state index in [0.717, 1.165) is 27.6 Å². The summed E-state index contributed by atoms with van der Waals surface area (Å²) in [6.45, 7) is 2.07. The first-order valence-corrected chi connectivity index (χ1v) is 8.99. The number of benzene rings is 3. The first-order chi connectivity index (χ1) is 12.2. The van der Waals surface area contributed by atoms with Gasteiger partial charge in [-0.05, 0) is 48.6 Å². The molecule has 3 aromatic carbocycles. The minimum atomic E-state index is 0.283. The molecular formula is C21H20NO2P. The van der Waals surface area contributed by atoms with Crippen LogP contribution in [0.15, 0.2) is 71.7 Å². The van der Waals surface area contributed by atoms with Crippen molar-refractivity contribution in [2.75, 3.05) is 7.11 Å². The highest BCUT2D eigenvalue weighted by Gasteiger charge is 2.08. The Hall–Kier alpha value is -2.64. The number of para-hydroxylation sites is 1. The number of hydrogen-bond acceptors (Lipinski definition) is 3. The van der Waals surface area contributed by atoms with Crippen LogP contribution in [0.5, 0.6) is 11.5 Å². The quantitative estimate of drug-likeness (QED) is 0.557.